The highest BCUT2D eigenvalue weighted by atomic mass is 35.5. The molecule has 3 nitrogen and oxygen atoms in total. The van der Waals surface area contributed by atoms with Crippen molar-refractivity contribution in [3.63, 3.8) is 0 Å². The van der Waals surface area contributed by atoms with E-state index in [-0.39, 0.29) is 0 Å². The summed E-state index contributed by atoms with van der Waals surface area (Å²) in [5.41, 5.74) is 1.20. The first-order valence-electron chi connectivity index (χ1n) is 4.59. The Labute approximate surface area is 96.6 Å². The summed E-state index contributed by atoms with van der Waals surface area (Å²) >= 11 is 7.38. The van der Waals surface area contributed by atoms with Gasteiger partial charge in [0.2, 0.25) is 0 Å². The molecule has 1 aliphatic heterocycles. The molecule has 0 saturated carbocycles. The number of thiophene rings is 1. The lowest BCUT2D eigenvalue weighted by Crippen LogP contribution is -2.33. The van der Waals surface area contributed by atoms with Crippen LogP contribution in [-0.4, -0.2) is 29.2 Å². The molecule has 1 aromatic rings. The molecule has 5 heteroatoms. The van der Waals surface area contributed by atoms with Gasteiger partial charge in [0.05, 0.1) is 4.34 Å². The number of halogens is 1. The van der Waals surface area contributed by atoms with Crippen LogP contribution in [0.4, 0.5) is 4.79 Å². The van der Waals surface area contributed by atoms with E-state index in [0.717, 1.165) is 15.6 Å². The van der Waals surface area contributed by atoms with E-state index in [1.54, 1.807) is 0 Å². The van der Waals surface area contributed by atoms with Gasteiger partial charge in [-0.25, -0.2) is 4.79 Å². The lowest BCUT2D eigenvalue weighted by atomic mass is 10.1. The second kappa shape index (κ2) is 4.24. The van der Waals surface area contributed by atoms with Crippen molar-refractivity contribution in [2.75, 3.05) is 13.1 Å². The molecule has 1 aromatic heterocycles. The van der Waals surface area contributed by atoms with Crippen LogP contribution in [0.2, 0.25) is 4.34 Å². The molecule has 0 aliphatic carbocycles. The monoisotopic (exact) mass is 243 g/mol. The van der Waals surface area contributed by atoms with E-state index in [0.29, 0.717) is 13.1 Å². The van der Waals surface area contributed by atoms with Gasteiger partial charge in [-0.15, -0.1) is 11.3 Å². The van der Waals surface area contributed by atoms with E-state index in [1.807, 2.05) is 18.2 Å². The van der Waals surface area contributed by atoms with Crippen molar-refractivity contribution >= 4 is 34.6 Å². The maximum absolute atomic E-state index is 10.7. The first kappa shape index (κ1) is 10.5. The van der Waals surface area contributed by atoms with E-state index in [4.69, 9.17) is 16.7 Å². The van der Waals surface area contributed by atoms with Crippen molar-refractivity contribution in [2.45, 2.75) is 6.42 Å². The number of nitrogens with zero attached hydrogens (tertiary/aromatic N) is 1. The maximum Gasteiger partial charge on any atom is 0.407 e. The van der Waals surface area contributed by atoms with Gasteiger partial charge in [-0.2, -0.15) is 0 Å². The van der Waals surface area contributed by atoms with Crippen LogP contribution in [-0.2, 0) is 0 Å². The zero-order valence-corrected chi connectivity index (χ0v) is 9.51. The molecule has 0 bridgehead atoms. The normalized spacial score (nSPS) is 16.3. The summed E-state index contributed by atoms with van der Waals surface area (Å²) in [4.78, 5) is 13.2. The van der Waals surface area contributed by atoms with Crippen molar-refractivity contribution in [3.05, 3.63) is 27.4 Å². The summed E-state index contributed by atoms with van der Waals surface area (Å²) < 4.78 is 0.770. The van der Waals surface area contributed by atoms with Crippen molar-refractivity contribution in [1.82, 2.24) is 4.90 Å². The molecule has 0 radical (unpaired) electrons. The molecular formula is C10H10ClNO2S. The molecule has 0 fully saturated rings. The Morgan fingerprint density at radius 3 is 2.80 bits per heavy atom. The average Bonchev–Trinajstić information content (AvgIpc) is 2.65. The van der Waals surface area contributed by atoms with E-state index in [9.17, 15) is 4.79 Å². The van der Waals surface area contributed by atoms with Gasteiger partial charge < -0.3 is 10.0 Å². The maximum atomic E-state index is 10.7. The van der Waals surface area contributed by atoms with Gasteiger partial charge in [0, 0.05) is 18.0 Å². The number of amides is 1. The predicted molar refractivity (Wildman–Crippen MR) is 61.5 cm³/mol. The van der Waals surface area contributed by atoms with E-state index >= 15 is 0 Å². The molecule has 0 saturated heterocycles. The minimum absolute atomic E-state index is 0.472. The molecule has 80 valence electrons. The fraction of sp³-hybridized carbons (Fsp3) is 0.300. The quantitative estimate of drug-likeness (QED) is 0.823. The summed E-state index contributed by atoms with van der Waals surface area (Å²) in [5.74, 6) is 0. The van der Waals surface area contributed by atoms with E-state index in [2.05, 4.69) is 0 Å². The molecular weight excluding hydrogens is 234 g/mol. The van der Waals surface area contributed by atoms with Crippen LogP contribution in [0.25, 0.3) is 5.57 Å². The SMILES string of the molecule is O=C(O)N1CC=C(c2ccc(Cl)s2)CC1. The van der Waals surface area contributed by atoms with Crippen molar-refractivity contribution in [2.24, 2.45) is 0 Å². The minimum atomic E-state index is -0.852. The highest BCUT2D eigenvalue weighted by Crippen LogP contribution is 2.30. The van der Waals surface area contributed by atoms with Gasteiger partial charge in [-0.05, 0) is 24.1 Å². The van der Waals surface area contributed by atoms with Gasteiger partial charge in [0.15, 0.2) is 0 Å². The van der Waals surface area contributed by atoms with Crippen LogP contribution in [0.1, 0.15) is 11.3 Å². The van der Waals surface area contributed by atoms with Crippen molar-refractivity contribution < 1.29 is 9.90 Å². The van der Waals surface area contributed by atoms with Crippen LogP contribution in [0.5, 0.6) is 0 Å². The summed E-state index contributed by atoms with van der Waals surface area (Å²) in [7, 11) is 0. The van der Waals surface area contributed by atoms with E-state index < -0.39 is 6.09 Å². The van der Waals surface area contributed by atoms with Crippen molar-refractivity contribution in [3.8, 4) is 0 Å². The third kappa shape index (κ3) is 2.33. The molecule has 2 heterocycles. The zero-order valence-electron chi connectivity index (χ0n) is 7.94. The molecule has 1 N–H and O–H groups in total. The topological polar surface area (TPSA) is 40.5 Å². The largest absolute Gasteiger partial charge is 0.465 e. The molecule has 1 amide bonds. The van der Waals surface area contributed by atoms with Crippen LogP contribution in [0.3, 0.4) is 0 Å². The Morgan fingerprint density at radius 2 is 2.33 bits per heavy atom. The van der Waals surface area contributed by atoms with Crippen LogP contribution in [0, 0.1) is 0 Å². The minimum Gasteiger partial charge on any atom is -0.465 e. The smallest absolute Gasteiger partial charge is 0.407 e. The molecule has 15 heavy (non-hydrogen) atoms. The molecule has 0 spiro atoms. The van der Waals surface area contributed by atoms with Gasteiger partial charge in [-0.1, -0.05) is 17.7 Å². The Morgan fingerprint density at radius 1 is 1.53 bits per heavy atom. The highest BCUT2D eigenvalue weighted by molar-refractivity contribution is 7.17. The number of hydrogen-bond donors (Lipinski definition) is 1. The summed E-state index contributed by atoms with van der Waals surface area (Å²) in [6.45, 7) is 1.04. The fourth-order valence-electron chi connectivity index (χ4n) is 1.55. The second-order valence-corrected chi connectivity index (χ2v) is 5.03. The Hall–Kier alpha value is -1.000. The highest BCUT2D eigenvalue weighted by Gasteiger charge is 2.17. The zero-order chi connectivity index (χ0) is 10.8. The van der Waals surface area contributed by atoms with Crippen molar-refractivity contribution in [1.29, 1.82) is 0 Å². The lowest BCUT2D eigenvalue weighted by Gasteiger charge is -2.23. The van der Waals surface area contributed by atoms with E-state index in [1.165, 1.54) is 21.8 Å². The predicted octanol–water partition coefficient (Wildman–Crippen LogP) is 3.17. The molecule has 0 unspecified atom stereocenters. The first-order valence-corrected chi connectivity index (χ1v) is 5.79. The van der Waals surface area contributed by atoms with Gasteiger partial charge >= 0.3 is 6.09 Å². The molecule has 2 rings (SSSR count). The first-order chi connectivity index (χ1) is 7.16. The van der Waals surface area contributed by atoms with Crippen LogP contribution < -0.4 is 0 Å². The summed E-state index contributed by atoms with van der Waals surface area (Å²) in [5, 5.41) is 8.78. The summed E-state index contributed by atoms with van der Waals surface area (Å²) in [6, 6.07) is 3.85. The molecule has 0 aromatic carbocycles. The number of carbonyl (C=O) groups is 1. The van der Waals surface area contributed by atoms with Crippen LogP contribution >= 0.6 is 22.9 Å². The van der Waals surface area contributed by atoms with Crippen LogP contribution in [0.15, 0.2) is 18.2 Å². The summed E-state index contributed by atoms with van der Waals surface area (Å²) in [6.07, 6.45) is 1.87. The average molecular weight is 244 g/mol. The number of rotatable bonds is 1. The molecule has 0 atom stereocenters. The lowest BCUT2D eigenvalue weighted by molar-refractivity contribution is 0.150. The second-order valence-electron chi connectivity index (χ2n) is 3.31. The standard InChI is InChI=1S/C10H10ClNO2S/c11-9-2-1-8(15-9)7-3-5-12(6-4-7)10(13)14/h1-3H,4-6H2,(H,13,14). The van der Waals surface area contributed by atoms with Gasteiger partial charge in [0.1, 0.15) is 0 Å². The van der Waals surface area contributed by atoms with Gasteiger partial charge in [-0.3, -0.25) is 0 Å². The van der Waals surface area contributed by atoms with Gasteiger partial charge in [0.25, 0.3) is 0 Å². The molecule has 1 aliphatic rings. The number of carboxylic acid groups (broad SMARTS) is 1. The third-order valence-electron chi connectivity index (χ3n) is 2.37. The fourth-order valence-corrected chi connectivity index (χ4v) is 2.66. The Balaban J connectivity index is 2.11. The number of hydrogen-bond acceptors (Lipinski definition) is 2. The third-order valence-corrected chi connectivity index (χ3v) is 3.68. The Kier molecular flexibility index (Phi) is 2.98. The Bertz CT molecular complexity index is 413.